The van der Waals surface area contributed by atoms with Crippen molar-refractivity contribution in [3.8, 4) is 66.8 Å². The average molecular weight is 742 g/mol. The van der Waals surface area contributed by atoms with E-state index in [0.29, 0.717) is 0 Å². The minimum atomic E-state index is -0.105. The number of anilines is 3. The van der Waals surface area contributed by atoms with Crippen LogP contribution < -0.4 is 4.90 Å². The first kappa shape index (κ1) is 35.2. The van der Waals surface area contributed by atoms with Gasteiger partial charge in [0.1, 0.15) is 0 Å². The SMILES string of the molecule is CC1(C)c2ccccc2-c2cccc(-c3ccc(N(c4ccc(-c5ccccc5)cc4)c4cccc(-c5ccccc5)c4-c4ccccc4-c4ccccc4)cc3)c21. The summed E-state index contributed by atoms with van der Waals surface area (Å²) in [5, 5.41) is 0. The Balaban J connectivity index is 1.18. The highest BCUT2D eigenvalue weighted by atomic mass is 15.1. The molecule has 0 saturated heterocycles. The third-order valence-corrected chi connectivity index (χ3v) is 11.9. The van der Waals surface area contributed by atoms with Crippen molar-refractivity contribution in [3.05, 3.63) is 236 Å². The van der Waals surface area contributed by atoms with E-state index in [0.717, 1.165) is 17.1 Å². The Morgan fingerprint density at radius 1 is 0.293 bits per heavy atom. The van der Waals surface area contributed by atoms with Crippen molar-refractivity contribution < 1.29 is 0 Å². The zero-order valence-electron chi connectivity index (χ0n) is 32.8. The van der Waals surface area contributed by atoms with E-state index in [1.54, 1.807) is 0 Å². The molecule has 0 atom stereocenters. The van der Waals surface area contributed by atoms with Crippen LogP contribution in [0, 0.1) is 0 Å². The van der Waals surface area contributed by atoms with E-state index in [-0.39, 0.29) is 5.41 Å². The van der Waals surface area contributed by atoms with Crippen LogP contribution in [0.25, 0.3) is 66.8 Å². The maximum atomic E-state index is 2.44. The lowest BCUT2D eigenvalue weighted by atomic mass is 9.79. The molecule has 0 saturated carbocycles. The fourth-order valence-electron chi connectivity index (χ4n) is 9.18. The lowest BCUT2D eigenvalue weighted by molar-refractivity contribution is 0.662. The monoisotopic (exact) mass is 741 g/mol. The molecule has 0 N–H and O–H groups in total. The summed E-state index contributed by atoms with van der Waals surface area (Å²) in [6.07, 6.45) is 0. The lowest BCUT2D eigenvalue weighted by Gasteiger charge is -2.30. The van der Waals surface area contributed by atoms with Gasteiger partial charge in [0, 0.05) is 22.4 Å². The minimum absolute atomic E-state index is 0.105. The standard InChI is InChI=1S/C57H43N/c1-57(2)53-30-15-14-25-50(53)52-29-16-28-49(56(52)57)44-34-38-46(39-35-44)58(45-36-32-41(33-37-45)40-18-6-3-7-19-40)54-31-17-27-48(43-22-10-5-11-23-43)55(54)51-26-13-12-24-47(51)42-20-8-4-9-21-42/h3-39H,1-2H3. The highest BCUT2D eigenvalue weighted by molar-refractivity contribution is 6.01. The maximum absolute atomic E-state index is 2.44. The first-order valence-corrected chi connectivity index (χ1v) is 20.2. The molecule has 1 heteroatoms. The summed E-state index contributed by atoms with van der Waals surface area (Å²) >= 11 is 0. The van der Waals surface area contributed by atoms with Gasteiger partial charge in [-0.3, -0.25) is 0 Å². The van der Waals surface area contributed by atoms with E-state index < -0.39 is 0 Å². The molecule has 9 aromatic rings. The van der Waals surface area contributed by atoms with Crippen molar-refractivity contribution in [3.63, 3.8) is 0 Å². The third kappa shape index (κ3) is 6.13. The number of hydrogen-bond donors (Lipinski definition) is 0. The van der Waals surface area contributed by atoms with Crippen molar-refractivity contribution >= 4 is 17.1 Å². The minimum Gasteiger partial charge on any atom is -0.310 e. The molecule has 0 spiro atoms. The Morgan fingerprint density at radius 3 is 1.34 bits per heavy atom. The molecule has 0 bridgehead atoms. The van der Waals surface area contributed by atoms with Crippen LogP contribution in [-0.4, -0.2) is 0 Å². The summed E-state index contributed by atoms with van der Waals surface area (Å²) < 4.78 is 0. The van der Waals surface area contributed by atoms with Gasteiger partial charge >= 0.3 is 0 Å². The van der Waals surface area contributed by atoms with Gasteiger partial charge in [0.15, 0.2) is 0 Å². The van der Waals surface area contributed by atoms with Crippen molar-refractivity contribution in [2.45, 2.75) is 19.3 Å². The van der Waals surface area contributed by atoms with Crippen LogP contribution in [0.4, 0.5) is 17.1 Å². The molecule has 1 aliphatic carbocycles. The Bertz CT molecular complexity index is 2870. The Hall–Kier alpha value is -7.22. The van der Waals surface area contributed by atoms with E-state index >= 15 is 0 Å². The number of rotatable bonds is 8. The second kappa shape index (κ2) is 14.7. The van der Waals surface area contributed by atoms with E-state index in [1.165, 1.54) is 77.9 Å². The Morgan fingerprint density at radius 2 is 0.707 bits per heavy atom. The van der Waals surface area contributed by atoms with Gasteiger partial charge in [-0.05, 0) is 103 Å². The smallest absolute Gasteiger partial charge is 0.0546 e. The van der Waals surface area contributed by atoms with Crippen molar-refractivity contribution in [2.75, 3.05) is 4.90 Å². The van der Waals surface area contributed by atoms with Gasteiger partial charge in [0.25, 0.3) is 0 Å². The predicted octanol–water partition coefficient (Wildman–Crippen LogP) is 15.8. The van der Waals surface area contributed by atoms with Gasteiger partial charge in [-0.15, -0.1) is 0 Å². The summed E-state index contributed by atoms with van der Waals surface area (Å²) in [6, 6.07) is 81.7. The Labute approximate surface area is 342 Å². The summed E-state index contributed by atoms with van der Waals surface area (Å²) in [5.74, 6) is 0. The molecule has 0 radical (unpaired) electrons. The van der Waals surface area contributed by atoms with Gasteiger partial charge in [-0.2, -0.15) is 0 Å². The molecule has 0 aliphatic heterocycles. The zero-order valence-corrected chi connectivity index (χ0v) is 32.8. The molecule has 1 nitrogen and oxygen atoms in total. The zero-order chi connectivity index (χ0) is 39.1. The molecule has 0 unspecified atom stereocenters. The van der Waals surface area contributed by atoms with Crippen LogP contribution in [0.5, 0.6) is 0 Å². The first-order chi connectivity index (χ1) is 28.6. The van der Waals surface area contributed by atoms with Crippen LogP contribution in [0.15, 0.2) is 224 Å². The second-order valence-electron chi connectivity index (χ2n) is 15.7. The Kier molecular flexibility index (Phi) is 8.92. The fourth-order valence-corrected chi connectivity index (χ4v) is 9.18. The second-order valence-corrected chi connectivity index (χ2v) is 15.7. The van der Waals surface area contributed by atoms with E-state index in [2.05, 4.69) is 243 Å². The highest BCUT2D eigenvalue weighted by Crippen LogP contribution is 2.53. The summed E-state index contributed by atoms with van der Waals surface area (Å²) in [5.41, 5.74) is 20.7. The molecule has 1 aliphatic rings. The maximum Gasteiger partial charge on any atom is 0.0546 e. The predicted molar refractivity (Wildman–Crippen MR) is 246 cm³/mol. The molecule has 58 heavy (non-hydrogen) atoms. The number of hydrogen-bond acceptors (Lipinski definition) is 1. The van der Waals surface area contributed by atoms with Crippen LogP contribution in [-0.2, 0) is 5.41 Å². The summed E-state index contributed by atoms with van der Waals surface area (Å²) in [4.78, 5) is 2.44. The van der Waals surface area contributed by atoms with Crippen molar-refractivity contribution in [1.29, 1.82) is 0 Å². The van der Waals surface area contributed by atoms with Crippen LogP contribution >= 0.6 is 0 Å². The number of fused-ring (bicyclic) bond motifs is 3. The van der Waals surface area contributed by atoms with Gasteiger partial charge in [-0.25, -0.2) is 0 Å². The summed E-state index contributed by atoms with van der Waals surface area (Å²) in [7, 11) is 0. The molecular weight excluding hydrogens is 699 g/mol. The lowest BCUT2D eigenvalue weighted by Crippen LogP contribution is -2.16. The number of nitrogens with zero attached hydrogens (tertiary/aromatic N) is 1. The van der Waals surface area contributed by atoms with Crippen LogP contribution in [0.2, 0.25) is 0 Å². The summed E-state index contributed by atoms with van der Waals surface area (Å²) in [6.45, 7) is 4.73. The largest absolute Gasteiger partial charge is 0.310 e. The molecular formula is C57H43N. The highest BCUT2D eigenvalue weighted by Gasteiger charge is 2.37. The molecule has 0 aromatic heterocycles. The van der Waals surface area contributed by atoms with Gasteiger partial charge in [0.05, 0.1) is 5.69 Å². The molecule has 276 valence electrons. The van der Waals surface area contributed by atoms with Gasteiger partial charge in [0.2, 0.25) is 0 Å². The van der Waals surface area contributed by atoms with E-state index in [1.807, 2.05) is 0 Å². The number of benzene rings is 9. The normalized spacial score (nSPS) is 12.4. The first-order valence-electron chi connectivity index (χ1n) is 20.2. The quantitative estimate of drug-likeness (QED) is 0.150. The molecule has 0 amide bonds. The van der Waals surface area contributed by atoms with Crippen molar-refractivity contribution in [2.24, 2.45) is 0 Å². The fraction of sp³-hybridized carbons (Fsp3) is 0.0526. The molecule has 10 rings (SSSR count). The van der Waals surface area contributed by atoms with Crippen molar-refractivity contribution in [1.82, 2.24) is 0 Å². The van der Waals surface area contributed by atoms with E-state index in [9.17, 15) is 0 Å². The molecule has 0 heterocycles. The third-order valence-electron chi connectivity index (χ3n) is 11.9. The molecule has 0 fully saturated rings. The molecule has 9 aromatic carbocycles. The van der Waals surface area contributed by atoms with Crippen LogP contribution in [0.3, 0.4) is 0 Å². The van der Waals surface area contributed by atoms with Gasteiger partial charge in [-0.1, -0.05) is 208 Å². The average Bonchev–Trinajstić information content (AvgIpc) is 3.54. The topological polar surface area (TPSA) is 3.24 Å². The van der Waals surface area contributed by atoms with Gasteiger partial charge < -0.3 is 4.90 Å². The van der Waals surface area contributed by atoms with E-state index in [4.69, 9.17) is 0 Å². The van der Waals surface area contributed by atoms with Crippen LogP contribution in [0.1, 0.15) is 25.0 Å².